The molecular formula is C10H11N3O5S. The van der Waals surface area contributed by atoms with Crippen molar-refractivity contribution in [2.24, 2.45) is 7.05 Å². The highest BCUT2D eigenvalue weighted by molar-refractivity contribution is 7.89. The molecule has 8 nitrogen and oxygen atoms in total. The van der Waals surface area contributed by atoms with Gasteiger partial charge < -0.3 is 9.52 Å². The zero-order valence-electron chi connectivity index (χ0n) is 9.90. The molecule has 0 aromatic carbocycles. The summed E-state index contributed by atoms with van der Waals surface area (Å²) in [7, 11) is -2.09. The van der Waals surface area contributed by atoms with Gasteiger partial charge in [0, 0.05) is 13.2 Å². The van der Waals surface area contributed by atoms with Crippen molar-refractivity contribution in [3.05, 3.63) is 36.0 Å². The maximum Gasteiger partial charge on any atom is 0.371 e. The lowest BCUT2D eigenvalue weighted by atomic mass is 10.4. The minimum atomic E-state index is -3.69. The van der Waals surface area contributed by atoms with Crippen molar-refractivity contribution in [1.82, 2.24) is 14.5 Å². The number of carboxylic acids is 1. The number of aryl methyl sites for hydroxylation is 1. The number of nitrogens with zero attached hydrogens (tertiary/aromatic N) is 2. The van der Waals surface area contributed by atoms with Crippen LogP contribution in [0.4, 0.5) is 0 Å². The van der Waals surface area contributed by atoms with Crippen molar-refractivity contribution < 1.29 is 22.7 Å². The maximum absolute atomic E-state index is 11.8. The van der Waals surface area contributed by atoms with Crippen LogP contribution in [0.15, 0.2) is 33.8 Å². The first-order valence-electron chi connectivity index (χ1n) is 5.19. The normalized spacial score (nSPS) is 11.6. The van der Waals surface area contributed by atoms with Gasteiger partial charge >= 0.3 is 5.97 Å². The Morgan fingerprint density at radius 1 is 1.53 bits per heavy atom. The van der Waals surface area contributed by atoms with Crippen LogP contribution in [0, 0.1) is 0 Å². The van der Waals surface area contributed by atoms with Gasteiger partial charge in [0.15, 0.2) is 0 Å². The third kappa shape index (κ3) is 3.01. The zero-order chi connectivity index (χ0) is 14.0. The third-order valence-corrected chi connectivity index (χ3v) is 3.66. The minimum Gasteiger partial charge on any atom is -0.475 e. The second-order valence-corrected chi connectivity index (χ2v) is 5.51. The second kappa shape index (κ2) is 4.86. The number of sulfonamides is 1. The van der Waals surface area contributed by atoms with Gasteiger partial charge in [-0.15, -0.1) is 0 Å². The summed E-state index contributed by atoms with van der Waals surface area (Å²) in [6.45, 7) is -0.134. The number of rotatable bonds is 5. The van der Waals surface area contributed by atoms with Crippen LogP contribution < -0.4 is 4.72 Å². The molecule has 0 saturated heterocycles. The average molecular weight is 285 g/mol. The topological polar surface area (TPSA) is 114 Å². The molecule has 2 rings (SSSR count). The van der Waals surface area contributed by atoms with Gasteiger partial charge in [0.05, 0.1) is 12.7 Å². The summed E-state index contributed by atoms with van der Waals surface area (Å²) in [5.41, 5.74) is 0. The van der Waals surface area contributed by atoms with Gasteiger partial charge in [-0.05, 0) is 12.1 Å². The van der Waals surface area contributed by atoms with E-state index < -0.39 is 16.0 Å². The number of hydrogen-bond acceptors (Lipinski definition) is 5. The Balaban J connectivity index is 2.07. The predicted octanol–water partition coefficient (Wildman–Crippen LogP) is 0.190. The molecule has 2 aromatic rings. The summed E-state index contributed by atoms with van der Waals surface area (Å²) >= 11 is 0. The Labute approximate surface area is 108 Å². The summed E-state index contributed by atoms with van der Waals surface area (Å²) in [4.78, 5) is 10.6. The Morgan fingerprint density at radius 3 is 2.79 bits per heavy atom. The molecule has 19 heavy (non-hydrogen) atoms. The van der Waals surface area contributed by atoms with Crippen LogP contribution in [0.25, 0.3) is 0 Å². The van der Waals surface area contributed by atoms with E-state index in [-0.39, 0.29) is 23.0 Å². The van der Waals surface area contributed by atoms with Gasteiger partial charge in [0.1, 0.15) is 10.7 Å². The lowest BCUT2D eigenvalue weighted by molar-refractivity contribution is 0.0660. The van der Waals surface area contributed by atoms with E-state index in [0.717, 1.165) is 0 Å². The fourth-order valence-corrected chi connectivity index (χ4v) is 2.35. The largest absolute Gasteiger partial charge is 0.475 e. The van der Waals surface area contributed by atoms with Crippen LogP contribution in [-0.2, 0) is 23.6 Å². The van der Waals surface area contributed by atoms with E-state index in [0.29, 0.717) is 0 Å². The summed E-state index contributed by atoms with van der Waals surface area (Å²) < 4.78 is 32.3. The molecule has 0 unspecified atom stereocenters. The van der Waals surface area contributed by atoms with Crippen molar-refractivity contribution in [3.63, 3.8) is 0 Å². The molecule has 0 aliphatic rings. The fourth-order valence-electron chi connectivity index (χ4n) is 1.37. The molecule has 0 fully saturated rings. The van der Waals surface area contributed by atoms with E-state index in [1.54, 1.807) is 7.05 Å². The first-order chi connectivity index (χ1) is 8.88. The highest BCUT2D eigenvalue weighted by atomic mass is 32.2. The van der Waals surface area contributed by atoms with Gasteiger partial charge in [-0.1, -0.05) is 0 Å². The molecule has 0 bridgehead atoms. The second-order valence-electron chi connectivity index (χ2n) is 3.75. The number of carbonyl (C=O) groups is 1. The van der Waals surface area contributed by atoms with Crippen molar-refractivity contribution in [1.29, 1.82) is 0 Å². The van der Waals surface area contributed by atoms with Gasteiger partial charge in [0.2, 0.25) is 15.8 Å². The van der Waals surface area contributed by atoms with Crippen LogP contribution in [0.2, 0.25) is 0 Å². The van der Waals surface area contributed by atoms with Crippen LogP contribution in [0.1, 0.15) is 16.3 Å². The molecule has 0 aliphatic heterocycles. The smallest absolute Gasteiger partial charge is 0.371 e. The molecule has 2 heterocycles. The quantitative estimate of drug-likeness (QED) is 0.810. The summed E-state index contributed by atoms with van der Waals surface area (Å²) in [6, 6.07) is 2.66. The van der Waals surface area contributed by atoms with Crippen LogP contribution in [0.3, 0.4) is 0 Å². The molecule has 2 N–H and O–H groups in total. The molecular weight excluding hydrogens is 274 g/mol. The lowest BCUT2D eigenvalue weighted by Gasteiger charge is -2.01. The van der Waals surface area contributed by atoms with Gasteiger partial charge in [-0.2, -0.15) is 5.10 Å². The molecule has 2 aromatic heterocycles. The highest BCUT2D eigenvalue weighted by Crippen LogP contribution is 2.10. The first kappa shape index (κ1) is 13.3. The summed E-state index contributed by atoms with van der Waals surface area (Å²) in [6.07, 6.45) is 2.57. The fraction of sp³-hybridized carbons (Fsp3) is 0.200. The number of carboxylic acid groups (broad SMARTS) is 1. The van der Waals surface area contributed by atoms with Crippen molar-refractivity contribution in [2.75, 3.05) is 0 Å². The number of aromatic carboxylic acids is 1. The van der Waals surface area contributed by atoms with E-state index in [4.69, 9.17) is 9.52 Å². The van der Waals surface area contributed by atoms with E-state index in [1.807, 2.05) is 0 Å². The average Bonchev–Trinajstić information content (AvgIpc) is 2.95. The molecule has 0 amide bonds. The van der Waals surface area contributed by atoms with Crippen molar-refractivity contribution in [3.8, 4) is 0 Å². The van der Waals surface area contributed by atoms with Crippen LogP contribution >= 0.6 is 0 Å². The molecule has 0 radical (unpaired) electrons. The maximum atomic E-state index is 11.8. The monoisotopic (exact) mass is 285 g/mol. The Hall–Kier alpha value is -2.13. The number of furan rings is 1. The SMILES string of the molecule is Cn1cc(S(=O)(=O)NCc2ccc(C(=O)O)o2)cn1. The van der Waals surface area contributed by atoms with Gasteiger partial charge in [-0.25, -0.2) is 17.9 Å². The van der Waals surface area contributed by atoms with Crippen LogP contribution in [-0.4, -0.2) is 29.3 Å². The minimum absolute atomic E-state index is 0.0278. The van der Waals surface area contributed by atoms with E-state index in [2.05, 4.69) is 9.82 Å². The van der Waals surface area contributed by atoms with Gasteiger partial charge in [0.25, 0.3) is 0 Å². The summed E-state index contributed by atoms with van der Waals surface area (Å²) in [5, 5.41) is 12.4. The van der Waals surface area contributed by atoms with E-state index in [1.165, 1.54) is 29.2 Å². The standard InChI is InChI=1S/C10H11N3O5S/c1-13-6-8(5-11-13)19(16,17)12-4-7-2-3-9(18-7)10(14)15/h2-3,5-6,12H,4H2,1H3,(H,14,15). The number of aromatic nitrogens is 2. The molecule has 0 saturated carbocycles. The Kier molecular flexibility index (Phi) is 3.40. The number of nitrogens with one attached hydrogen (secondary N) is 1. The van der Waals surface area contributed by atoms with Crippen molar-refractivity contribution in [2.45, 2.75) is 11.4 Å². The molecule has 9 heteroatoms. The Bertz CT molecular complexity index is 700. The lowest BCUT2D eigenvalue weighted by Crippen LogP contribution is -2.22. The Morgan fingerprint density at radius 2 is 2.26 bits per heavy atom. The van der Waals surface area contributed by atoms with Crippen LogP contribution in [0.5, 0.6) is 0 Å². The molecule has 0 atom stereocenters. The number of hydrogen-bond donors (Lipinski definition) is 2. The third-order valence-electron chi connectivity index (χ3n) is 2.30. The van der Waals surface area contributed by atoms with E-state index >= 15 is 0 Å². The predicted molar refractivity (Wildman–Crippen MR) is 62.9 cm³/mol. The molecule has 102 valence electrons. The van der Waals surface area contributed by atoms with E-state index in [9.17, 15) is 13.2 Å². The van der Waals surface area contributed by atoms with Crippen molar-refractivity contribution >= 4 is 16.0 Å². The summed E-state index contributed by atoms with van der Waals surface area (Å²) in [5.74, 6) is -1.23. The molecule has 0 spiro atoms. The first-order valence-corrected chi connectivity index (χ1v) is 6.67. The zero-order valence-corrected chi connectivity index (χ0v) is 10.7. The highest BCUT2D eigenvalue weighted by Gasteiger charge is 2.17. The molecule has 0 aliphatic carbocycles. The van der Waals surface area contributed by atoms with Gasteiger partial charge in [-0.3, -0.25) is 4.68 Å².